The Hall–Kier alpha value is -2.90. The minimum Gasteiger partial charge on any atom is -0.454 e. The fourth-order valence-electron chi connectivity index (χ4n) is 3.07. The standard InChI is InChI=1S/C21H14N2O3S2/c24-16(14-6-7-17-18(8-14)26-12-25-17)10-28-21-19-15(13-4-2-1-3-5-13)9-27-20(19)22-11-23-21/h1-9,11H,10,12H2. The van der Waals surface area contributed by atoms with Gasteiger partial charge in [0.2, 0.25) is 6.79 Å². The molecular formula is C21H14N2O3S2. The summed E-state index contributed by atoms with van der Waals surface area (Å²) in [6.07, 6.45) is 1.56. The molecule has 5 nitrogen and oxygen atoms in total. The lowest BCUT2D eigenvalue weighted by Gasteiger charge is -2.06. The number of thioether (sulfide) groups is 1. The number of Topliss-reactive ketones (excluding diaryl/α,β-unsaturated/α-hetero) is 1. The lowest BCUT2D eigenvalue weighted by Crippen LogP contribution is -2.02. The first-order valence-corrected chi connectivity index (χ1v) is 10.5. The average molecular weight is 406 g/mol. The second kappa shape index (κ2) is 7.26. The van der Waals surface area contributed by atoms with Gasteiger partial charge in [0.1, 0.15) is 16.2 Å². The molecule has 3 heterocycles. The van der Waals surface area contributed by atoms with Gasteiger partial charge in [-0.1, -0.05) is 42.1 Å². The van der Waals surface area contributed by atoms with Gasteiger partial charge in [0.25, 0.3) is 0 Å². The molecule has 0 fully saturated rings. The van der Waals surface area contributed by atoms with E-state index in [-0.39, 0.29) is 18.3 Å². The van der Waals surface area contributed by atoms with Gasteiger partial charge in [0, 0.05) is 16.5 Å². The SMILES string of the molecule is O=C(CSc1ncnc2scc(-c3ccccc3)c12)c1ccc2c(c1)OCO2. The molecule has 0 N–H and O–H groups in total. The molecule has 28 heavy (non-hydrogen) atoms. The van der Waals surface area contributed by atoms with E-state index in [0.29, 0.717) is 17.1 Å². The van der Waals surface area contributed by atoms with Crippen molar-refractivity contribution in [2.45, 2.75) is 5.03 Å². The highest BCUT2D eigenvalue weighted by Gasteiger charge is 2.18. The normalized spacial score (nSPS) is 12.4. The fraction of sp³-hybridized carbons (Fsp3) is 0.0952. The van der Waals surface area contributed by atoms with E-state index in [0.717, 1.165) is 26.4 Å². The summed E-state index contributed by atoms with van der Waals surface area (Å²) in [5.74, 6) is 1.60. The third kappa shape index (κ3) is 3.12. The minimum atomic E-state index is 0.0200. The lowest BCUT2D eigenvalue weighted by atomic mass is 10.1. The van der Waals surface area contributed by atoms with Crippen molar-refractivity contribution in [1.29, 1.82) is 0 Å². The monoisotopic (exact) mass is 406 g/mol. The van der Waals surface area contributed by atoms with Crippen molar-refractivity contribution in [2.24, 2.45) is 0 Å². The summed E-state index contributed by atoms with van der Waals surface area (Å²) in [4.78, 5) is 22.5. The molecule has 0 saturated heterocycles. The summed E-state index contributed by atoms with van der Waals surface area (Å²) in [5, 5.41) is 3.92. The molecular weight excluding hydrogens is 392 g/mol. The van der Waals surface area contributed by atoms with E-state index in [4.69, 9.17) is 9.47 Å². The van der Waals surface area contributed by atoms with Gasteiger partial charge >= 0.3 is 0 Å². The summed E-state index contributed by atoms with van der Waals surface area (Å²) >= 11 is 3.02. The number of carbonyl (C=O) groups excluding carboxylic acids is 1. The zero-order valence-corrected chi connectivity index (χ0v) is 16.3. The first kappa shape index (κ1) is 17.2. The maximum Gasteiger partial charge on any atom is 0.231 e. The van der Waals surface area contributed by atoms with E-state index in [2.05, 4.69) is 27.5 Å². The van der Waals surface area contributed by atoms with E-state index in [1.165, 1.54) is 11.8 Å². The van der Waals surface area contributed by atoms with Crippen molar-refractivity contribution >= 4 is 39.1 Å². The van der Waals surface area contributed by atoms with E-state index < -0.39 is 0 Å². The lowest BCUT2D eigenvalue weighted by molar-refractivity contribution is 0.102. The first-order chi connectivity index (χ1) is 13.8. The van der Waals surface area contributed by atoms with Gasteiger partial charge in [-0.3, -0.25) is 4.79 Å². The van der Waals surface area contributed by atoms with Crippen LogP contribution in [0, 0.1) is 0 Å². The van der Waals surface area contributed by atoms with Crippen LogP contribution in [-0.2, 0) is 0 Å². The summed E-state index contributed by atoms with van der Waals surface area (Å²) in [6, 6.07) is 15.4. The Bertz CT molecular complexity index is 1170. The van der Waals surface area contributed by atoms with Crippen LogP contribution >= 0.6 is 23.1 Å². The molecule has 0 aliphatic carbocycles. The summed E-state index contributed by atoms with van der Waals surface area (Å²) in [6.45, 7) is 0.195. The minimum absolute atomic E-state index is 0.0200. The van der Waals surface area contributed by atoms with Gasteiger partial charge in [-0.2, -0.15) is 0 Å². The van der Waals surface area contributed by atoms with Crippen molar-refractivity contribution in [3.63, 3.8) is 0 Å². The number of rotatable bonds is 5. The number of fused-ring (bicyclic) bond motifs is 2. The molecule has 4 aromatic rings. The highest BCUT2D eigenvalue weighted by molar-refractivity contribution is 8.00. The first-order valence-electron chi connectivity index (χ1n) is 8.63. The Morgan fingerprint density at radius 2 is 1.93 bits per heavy atom. The summed E-state index contributed by atoms with van der Waals surface area (Å²) in [5.41, 5.74) is 2.82. The van der Waals surface area contributed by atoms with Crippen molar-refractivity contribution in [1.82, 2.24) is 9.97 Å². The van der Waals surface area contributed by atoms with Crippen molar-refractivity contribution in [3.8, 4) is 22.6 Å². The summed E-state index contributed by atoms with van der Waals surface area (Å²) < 4.78 is 10.7. The Kier molecular flexibility index (Phi) is 4.46. The van der Waals surface area contributed by atoms with Crippen LogP contribution in [0.5, 0.6) is 11.5 Å². The highest BCUT2D eigenvalue weighted by atomic mass is 32.2. The molecule has 1 aliphatic heterocycles. The Morgan fingerprint density at radius 3 is 2.82 bits per heavy atom. The molecule has 1 aliphatic rings. The average Bonchev–Trinajstić information content (AvgIpc) is 3.39. The number of nitrogens with zero attached hydrogens (tertiary/aromatic N) is 2. The van der Waals surface area contributed by atoms with Gasteiger partial charge in [0.05, 0.1) is 11.1 Å². The van der Waals surface area contributed by atoms with Crippen LogP contribution in [0.15, 0.2) is 65.3 Å². The van der Waals surface area contributed by atoms with Crippen LogP contribution in [0.4, 0.5) is 0 Å². The van der Waals surface area contributed by atoms with Crippen LogP contribution in [-0.4, -0.2) is 28.3 Å². The third-order valence-electron chi connectivity index (χ3n) is 4.45. The van der Waals surface area contributed by atoms with E-state index in [9.17, 15) is 4.79 Å². The number of benzene rings is 2. The predicted octanol–water partition coefficient (Wildman–Crippen LogP) is 5.06. The van der Waals surface area contributed by atoms with Crippen molar-refractivity contribution < 1.29 is 14.3 Å². The Morgan fingerprint density at radius 1 is 1.07 bits per heavy atom. The molecule has 0 spiro atoms. The summed E-state index contributed by atoms with van der Waals surface area (Å²) in [7, 11) is 0. The molecule has 2 aromatic carbocycles. The smallest absolute Gasteiger partial charge is 0.231 e. The van der Waals surface area contributed by atoms with Crippen LogP contribution in [0.25, 0.3) is 21.3 Å². The highest BCUT2D eigenvalue weighted by Crippen LogP contribution is 2.38. The number of hydrogen-bond acceptors (Lipinski definition) is 7. The number of thiophene rings is 1. The number of carbonyl (C=O) groups is 1. The molecule has 138 valence electrons. The number of hydrogen-bond donors (Lipinski definition) is 0. The third-order valence-corrected chi connectivity index (χ3v) is 6.33. The molecule has 0 saturated carbocycles. The zero-order chi connectivity index (χ0) is 18.9. The van der Waals surface area contributed by atoms with Crippen molar-refractivity contribution in [2.75, 3.05) is 12.5 Å². The van der Waals surface area contributed by atoms with Crippen molar-refractivity contribution in [3.05, 3.63) is 65.8 Å². The largest absolute Gasteiger partial charge is 0.454 e. The number of ether oxygens (including phenoxy) is 2. The molecule has 0 amide bonds. The molecule has 5 rings (SSSR count). The molecule has 0 bridgehead atoms. The quantitative estimate of drug-likeness (QED) is 0.262. The van der Waals surface area contributed by atoms with Gasteiger partial charge in [-0.05, 0) is 23.8 Å². The van der Waals surface area contributed by atoms with Gasteiger partial charge in [-0.25, -0.2) is 9.97 Å². The van der Waals surface area contributed by atoms with E-state index >= 15 is 0 Å². The van der Waals surface area contributed by atoms with Crippen LogP contribution in [0.2, 0.25) is 0 Å². The second-order valence-corrected chi connectivity index (χ2v) is 7.98. The number of aromatic nitrogens is 2. The molecule has 7 heteroatoms. The van der Waals surface area contributed by atoms with Crippen LogP contribution in [0.1, 0.15) is 10.4 Å². The van der Waals surface area contributed by atoms with Gasteiger partial charge < -0.3 is 9.47 Å². The van der Waals surface area contributed by atoms with E-state index in [1.54, 1.807) is 35.9 Å². The van der Waals surface area contributed by atoms with Crippen LogP contribution < -0.4 is 9.47 Å². The molecule has 0 atom stereocenters. The molecule has 2 aromatic heterocycles. The zero-order valence-electron chi connectivity index (χ0n) is 14.6. The molecule has 0 radical (unpaired) electrons. The maximum atomic E-state index is 12.7. The maximum absolute atomic E-state index is 12.7. The topological polar surface area (TPSA) is 61.3 Å². The van der Waals surface area contributed by atoms with Gasteiger partial charge in [-0.15, -0.1) is 11.3 Å². The van der Waals surface area contributed by atoms with E-state index in [1.807, 2.05) is 18.2 Å². The second-order valence-electron chi connectivity index (χ2n) is 6.15. The number of ketones is 1. The Labute approximate surface area is 169 Å². The Balaban J connectivity index is 1.42. The van der Waals surface area contributed by atoms with Crippen LogP contribution in [0.3, 0.4) is 0 Å². The predicted molar refractivity (Wildman–Crippen MR) is 110 cm³/mol. The molecule has 0 unspecified atom stereocenters. The fourth-order valence-corrected chi connectivity index (χ4v) is 4.96. The van der Waals surface area contributed by atoms with Gasteiger partial charge in [0.15, 0.2) is 17.3 Å².